The summed E-state index contributed by atoms with van der Waals surface area (Å²) in [7, 11) is 1.60. The number of amides is 1. The van der Waals surface area contributed by atoms with E-state index in [4.69, 9.17) is 15.5 Å². The number of methoxy groups -OCH3 is 1. The molecule has 2 fully saturated rings. The van der Waals surface area contributed by atoms with Crippen molar-refractivity contribution in [3.8, 4) is 5.75 Å². The molecule has 4 N–H and O–H groups in total. The number of primary amides is 1. The summed E-state index contributed by atoms with van der Waals surface area (Å²) in [5, 5.41) is 21.5. The van der Waals surface area contributed by atoms with Crippen molar-refractivity contribution in [1.82, 2.24) is 9.88 Å². The monoisotopic (exact) mass is 428 g/mol. The normalized spacial score (nSPS) is 29.6. The summed E-state index contributed by atoms with van der Waals surface area (Å²) >= 11 is 1.41. The summed E-state index contributed by atoms with van der Waals surface area (Å²) < 4.78 is 5.20. The Morgan fingerprint density at radius 2 is 2.07 bits per heavy atom. The van der Waals surface area contributed by atoms with Crippen LogP contribution >= 0.6 is 11.8 Å². The van der Waals surface area contributed by atoms with Crippen molar-refractivity contribution < 1.29 is 19.7 Å². The molecule has 0 spiro atoms. The molecule has 30 heavy (non-hydrogen) atoms. The van der Waals surface area contributed by atoms with Gasteiger partial charge in [0.25, 0.3) is 0 Å². The van der Waals surface area contributed by atoms with Crippen molar-refractivity contribution in [2.24, 2.45) is 16.6 Å². The molecule has 8 nitrogen and oxygen atoms in total. The highest BCUT2D eigenvalue weighted by Gasteiger charge is 2.54. The van der Waals surface area contributed by atoms with Crippen LogP contribution in [-0.2, 0) is 11.3 Å². The molecule has 0 radical (unpaired) electrons. The zero-order valence-electron chi connectivity index (χ0n) is 16.5. The van der Waals surface area contributed by atoms with E-state index in [1.165, 1.54) is 11.8 Å². The van der Waals surface area contributed by atoms with E-state index in [1.807, 2.05) is 47.4 Å². The summed E-state index contributed by atoms with van der Waals surface area (Å²) in [5.74, 6) is -0.315. The van der Waals surface area contributed by atoms with Crippen LogP contribution < -0.4 is 10.5 Å². The van der Waals surface area contributed by atoms with Gasteiger partial charge < -0.3 is 25.6 Å². The number of aliphatic hydroxyl groups is 2. The van der Waals surface area contributed by atoms with E-state index in [9.17, 15) is 15.0 Å². The maximum atomic E-state index is 12.1. The number of carbonyl (C=O) groups excluding carboxylic acids is 1. The van der Waals surface area contributed by atoms with Crippen LogP contribution in [0.1, 0.15) is 12.1 Å². The van der Waals surface area contributed by atoms with Gasteiger partial charge in [0, 0.05) is 11.4 Å². The molecule has 2 heterocycles. The molecule has 2 aliphatic rings. The lowest BCUT2D eigenvalue weighted by atomic mass is 9.80. The highest BCUT2D eigenvalue weighted by molar-refractivity contribution is 8.14. The SMILES string of the molecule is COc1ccc(N=C2S[C@H]3[C@@H]([C@@H](O)[C@H](O)C[C@@H]3C(N)=O)N2Cc2ccccn2)cc1. The number of thioether (sulfide) groups is 1. The lowest BCUT2D eigenvalue weighted by molar-refractivity contribution is -0.128. The minimum atomic E-state index is -1.03. The molecule has 1 aliphatic heterocycles. The van der Waals surface area contributed by atoms with Gasteiger partial charge in [-0.2, -0.15) is 0 Å². The first-order valence-electron chi connectivity index (χ1n) is 9.69. The van der Waals surface area contributed by atoms with Crippen molar-refractivity contribution in [2.45, 2.75) is 36.5 Å². The van der Waals surface area contributed by atoms with Crippen LogP contribution in [0, 0.1) is 5.92 Å². The Hall–Kier alpha value is -2.62. The molecule has 9 heteroatoms. The molecule has 5 atom stereocenters. The van der Waals surface area contributed by atoms with Gasteiger partial charge in [-0.05, 0) is 42.8 Å². The molecule has 158 valence electrons. The Morgan fingerprint density at radius 1 is 1.30 bits per heavy atom. The third kappa shape index (κ3) is 4.00. The van der Waals surface area contributed by atoms with Gasteiger partial charge >= 0.3 is 0 Å². The van der Waals surface area contributed by atoms with E-state index in [-0.39, 0.29) is 11.7 Å². The number of aliphatic imine (C=N–C) groups is 1. The van der Waals surface area contributed by atoms with Crippen LogP contribution in [0.2, 0.25) is 0 Å². The molecule has 1 aromatic heterocycles. The van der Waals surface area contributed by atoms with Gasteiger partial charge in [0.15, 0.2) is 5.17 Å². The Kier molecular flexibility index (Phi) is 5.94. The van der Waals surface area contributed by atoms with E-state index in [0.29, 0.717) is 17.4 Å². The minimum absolute atomic E-state index is 0.137. The van der Waals surface area contributed by atoms with Gasteiger partial charge in [-0.15, -0.1) is 0 Å². The fraction of sp³-hybridized carbons (Fsp3) is 0.381. The number of hydrogen-bond acceptors (Lipinski definition) is 7. The molecular formula is C21H24N4O4S. The van der Waals surface area contributed by atoms with Gasteiger partial charge in [-0.3, -0.25) is 9.78 Å². The summed E-state index contributed by atoms with van der Waals surface area (Å²) in [5.41, 5.74) is 7.14. The largest absolute Gasteiger partial charge is 0.497 e. The minimum Gasteiger partial charge on any atom is -0.497 e. The first-order valence-corrected chi connectivity index (χ1v) is 10.6. The first kappa shape index (κ1) is 20.6. The Balaban J connectivity index is 1.72. The van der Waals surface area contributed by atoms with E-state index in [0.717, 1.165) is 11.4 Å². The number of amidine groups is 1. The Bertz CT molecular complexity index is 924. The smallest absolute Gasteiger partial charge is 0.221 e. The van der Waals surface area contributed by atoms with Gasteiger partial charge in [0.1, 0.15) is 11.9 Å². The molecule has 1 aliphatic carbocycles. The van der Waals surface area contributed by atoms with Crippen molar-refractivity contribution in [3.05, 3.63) is 54.4 Å². The predicted molar refractivity (Wildman–Crippen MR) is 114 cm³/mol. The third-order valence-electron chi connectivity index (χ3n) is 5.54. The van der Waals surface area contributed by atoms with Gasteiger partial charge in [0.2, 0.25) is 5.91 Å². The predicted octanol–water partition coefficient (Wildman–Crippen LogP) is 1.29. The van der Waals surface area contributed by atoms with Crippen molar-refractivity contribution in [2.75, 3.05) is 7.11 Å². The summed E-state index contributed by atoms with van der Waals surface area (Å²) in [4.78, 5) is 23.2. The van der Waals surface area contributed by atoms with Crippen molar-refractivity contribution in [1.29, 1.82) is 0 Å². The second-order valence-electron chi connectivity index (χ2n) is 7.42. The summed E-state index contributed by atoms with van der Waals surface area (Å²) in [6.07, 6.45) is -0.214. The maximum Gasteiger partial charge on any atom is 0.221 e. The second-order valence-corrected chi connectivity index (χ2v) is 8.56. The van der Waals surface area contributed by atoms with Crippen LogP contribution in [0.5, 0.6) is 5.75 Å². The molecule has 1 aromatic carbocycles. The summed E-state index contributed by atoms with van der Waals surface area (Å²) in [6, 6.07) is 12.4. The van der Waals surface area contributed by atoms with Crippen LogP contribution in [0.4, 0.5) is 5.69 Å². The number of benzene rings is 1. The van der Waals surface area contributed by atoms with Crippen molar-refractivity contribution >= 4 is 28.5 Å². The number of rotatable bonds is 5. The molecule has 2 aromatic rings. The second kappa shape index (κ2) is 8.63. The number of aliphatic hydroxyl groups excluding tert-OH is 2. The number of hydrogen-bond donors (Lipinski definition) is 3. The van der Waals surface area contributed by atoms with E-state index >= 15 is 0 Å². The topological polar surface area (TPSA) is 121 Å². The number of pyridine rings is 1. The van der Waals surface area contributed by atoms with E-state index < -0.39 is 30.1 Å². The zero-order valence-corrected chi connectivity index (χ0v) is 17.3. The van der Waals surface area contributed by atoms with Gasteiger partial charge in [0.05, 0.1) is 43.1 Å². The van der Waals surface area contributed by atoms with Gasteiger partial charge in [-0.1, -0.05) is 17.8 Å². The lowest BCUT2D eigenvalue weighted by Gasteiger charge is -2.41. The molecule has 0 bridgehead atoms. The standard InChI is InChI=1S/C21H24N4O4S/c1-29-14-7-5-12(6-8-14)24-21-25(11-13-4-2-3-9-23-13)17-18(27)16(26)10-15(20(22)28)19(17)30-21/h2-9,15-19,26-27H,10-11H2,1H3,(H2,22,28)/t15-,16+,17+,18-,19+/m0/s1. The zero-order chi connectivity index (χ0) is 21.3. The average Bonchev–Trinajstić information content (AvgIpc) is 3.09. The fourth-order valence-electron chi connectivity index (χ4n) is 4.00. The average molecular weight is 429 g/mol. The first-order chi connectivity index (χ1) is 14.5. The van der Waals surface area contributed by atoms with Gasteiger partial charge in [-0.25, -0.2) is 4.99 Å². The van der Waals surface area contributed by atoms with Crippen LogP contribution in [0.25, 0.3) is 0 Å². The quantitative estimate of drug-likeness (QED) is 0.656. The van der Waals surface area contributed by atoms with E-state index in [1.54, 1.807) is 13.3 Å². The number of nitrogens with zero attached hydrogens (tertiary/aromatic N) is 3. The third-order valence-corrected chi connectivity index (χ3v) is 6.96. The maximum absolute atomic E-state index is 12.1. The molecule has 0 unspecified atom stereocenters. The number of ether oxygens (including phenoxy) is 1. The Morgan fingerprint density at radius 3 is 2.70 bits per heavy atom. The molecular weight excluding hydrogens is 404 g/mol. The summed E-state index contributed by atoms with van der Waals surface area (Å²) in [6.45, 7) is 0.388. The number of nitrogens with two attached hydrogens (primary N) is 1. The molecule has 1 amide bonds. The van der Waals surface area contributed by atoms with Crippen LogP contribution in [-0.4, -0.2) is 61.8 Å². The lowest BCUT2D eigenvalue weighted by Crippen LogP contribution is -2.58. The Labute approximate surface area is 178 Å². The number of aromatic nitrogens is 1. The van der Waals surface area contributed by atoms with Crippen LogP contribution in [0.3, 0.4) is 0 Å². The number of carbonyl (C=O) groups is 1. The highest BCUT2D eigenvalue weighted by atomic mass is 32.2. The highest BCUT2D eigenvalue weighted by Crippen LogP contribution is 2.45. The number of fused-ring (bicyclic) bond motifs is 1. The fourth-order valence-corrected chi connectivity index (χ4v) is 5.58. The molecule has 1 saturated heterocycles. The van der Waals surface area contributed by atoms with Crippen LogP contribution in [0.15, 0.2) is 53.7 Å². The van der Waals surface area contributed by atoms with Crippen molar-refractivity contribution in [3.63, 3.8) is 0 Å². The van der Waals surface area contributed by atoms with E-state index in [2.05, 4.69) is 4.98 Å². The molecule has 4 rings (SSSR count). The molecule has 1 saturated carbocycles.